The molecule has 0 radical (unpaired) electrons. The van der Waals surface area contributed by atoms with E-state index in [4.69, 9.17) is 4.74 Å². The van der Waals surface area contributed by atoms with Crippen LogP contribution in [-0.4, -0.2) is 36.9 Å². The molecule has 0 amide bonds. The van der Waals surface area contributed by atoms with Crippen molar-refractivity contribution in [3.8, 4) is 0 Å². The quantitative estimate of drug-likeness (QED) is 0.606. The average molecular weight is 187 g/mol. The summed E-state index contributed by atoms with van der Waals surface area (Å²) in [4.78, 5) is 11.1. The SMILES string of the molecule is CCOC(=O)C(O)C1CCCNC1. The lowest BCUT2D eigenvalue weighted by Crippen LogP contribution is -2.41. The Bertz CT molecular complexity index is 166. The van der Waals surface area contributed by atoms with Gasteiger partial charge in [-0.2, -0.15) is 0 Å². The Morgan fingerprint density at radius 3 is 3.08 bits per heavy atom. The zero-order chi connectivity index (χ0) is 9.68. The van der Waals surface area contributed by atoms with Gasteiger partial charge in [0.2, 0.25) is 0 Å². The molecule has 0 aromatic heterocycles. The Balaban J connectivity index is 2.35. The fourth-order valence-corrected chi connectivity index (χ4v) is 1.57. The van der Waals surface area contributed by atoms with Crippen LogP contribution in [-0.2, 0) is 9.53 Å². The minimum Gasteiger partial charge on any atom is -0.464 e. The maximum Gasteiger partial charge on any atom is 0.335 e. The molecule has 0 aromatic carbocycles. The summed E-state index contributed by atoms with van der Waals surface area (Å²) in [6.07, 6.45) is 0.960. The van der Waals surface area contributed by atoms with Crippen molar-refractivity contribution in [1.29, 1.82) is 0 Å². The highest BCUT2D eigenvalue weighted by Gasteiger charge is 2.28. The first kappa shape index (κ1) is 10.5. The van der Waals surface area contributed by atoms with Gasteiger partial charge in [-0.25, -0.2) is 4.79 Å². The number of nitrogens with one attached hydrogen (secondary N) is 1. The molecule has 2 N–H and O–H groups in total. The number of carbonyl (C=O) groups excluding carboxylic acids is 1. The van der Waals surface area contributed by atoms with Crippen LogP contribution in [0.2, 0.25) is 0 Å². The van der Waals surface area contributed by atoms with Crippen LogP contribution in [0.4, 0.5) is 0 Å². The Morgan fingerprint density at radius 2 is 2.54 bits per heavy atom. The summed E-state index contributed by atoms with van der Waals surface area (Å²) in [6, 6.07) is 0. The van der Waals surface area contributed by atoms with Gasteiger partial charge in [0.05, 0.1) is 6.61 Å². The summed E-state index contributed by atoms with van der Waals surface area (Å²) in [5.74, 6) is -0.469. The van der Waals surface area contributed by atoms with Gasteiger partial charge < -0.3 is 15.2 Å². The number of hydrogen-bond acceptors (Lipinski definition) is 4. The van der Waals surface area contributed by atoms with E-state index in [0.29, 0.717) is 13.2 Å². The van der Waals surface area contributed by atoms with Crippen LogP contribution in [0.25, 0.3) is 0 Å². The van der Waals surface area contributed by atoms with E-state index in [2.05, 4.69) is 5.32 Å². The summed E-state index contributed by atoms with van der Waals surface area (Å²) < 4.78 is 4.74. The molecule has 1 saturated heterocycles. The van der Waals surface area contributed by atoms with Crippen LogP contribution >= 0.6 is 0 Å². The van der Waals surface area contributed by atoms with Crippen molar-refractivity contribution in [2.75, 3.05) is 19.7 Å². The highest BCUT2D eigenvalue weighted by molar-refractivity contribution is 5.74. The van der Waals surface area contributed by atoms with Crippen LogP contribution < -0.4 is 5.32 Å². The highest BCUT2D eigenvalue weighted by Crippen LogP contribution is 2.15. The van der Waals surface area contributed by atoms with E-state index in [-0.39, 0.29) is 5.92 Å². The zero-order valence-electron chi connectivity index (χ0n) is 7.95. The minimum absolute atomic E-state index is 0.0211. The number of piperidine rings is 1. The molecule has 0 aromatic rings. The lowest BCUT2D eigenvalue weighted by Gasteiger charge is -2.25. The third-order valence-electron chi connectivity index (χ3n) is 2.31. The van der Waals surface area contributed by atoms with Crippen LogP contribution in [0.1, 0.15) is 19.8 Å². The number of aliphatic hydroxyl groups is 1. The third-order valence-corrected chi connectivity index (χ3v) is 2.31. The number of esters is 1. The Morgan fingerprint density at radius 1 is 1.77 bits per heavy atom. The predicted octanol–water partition coefficient (Wildman–Crippen LogP) is -0.0900. The Labute approximate surface area is 78.3 Å². The molecule has 1 aliphatic rings. The van der Waals surface area contributed by atoms with Crippen LogP contribution in [0.3, 0.4) is 0 Å². The predicted molar refractivity (Wildman–Crippen MR) is 48.2 cm³/mol. The van der Waals surface area contributed by atoms with Crippen molar-refractivity contribution in [2.24, 2.45) is 5.92 Å². The normalized spacial score (nSPS) is 25.2. The summed E-state index contributed by atoms with van der Waals surface area (Å²) in [6.45, 7) is 3.76. The van der Waals surface area contributed by atoms with Crippen molar-refractivity contribution >= 4 is 5.97 Å². The summed E-state index contributed by atoms with van der Waals surface area (Å²) in [5, 5.41) is 12.7. The van der Waals surface area contributed by atoms with Crippen molar-refractivity contribution < 1.29 is 14.6 Å². The first-order chi connectivity index (χ1) is 6.25. The summed E-state index contributed by atoms with van der Waals surface area (Å²) >= 11 is 0. The van der Waals surface area contributed by atoms with Gasteiger partial charge in [-0.3, -0.25) is 0 Å². The molecule has 76 valence electrons. The maximum atomic E-state index is 11.1. The zero-order valence-corrected chi connectivity index (χ0v) is 7.95. The minimum atomic E-state index is -0.951. The number of hydrogen-bond donors (Lipinski definition) is 2. The second-order valence-electron chi connectivity index (χ2n) is 3.30. The molecule has 2 atom stereocenters. The van der Waals surface area contributed by atoms with Crippen molar-refractivity contribution in [1.82, 2.24) is 5.32 Å². The fraction of sp³-hybridized carbons (Fsp3) is 0.889. The smallest absolute Gasteiger partial charge is 0.335 e. The van der Waals surface area contributed by atoms with Gasteiger partial charge in [0, 0.05) is 12.5 Å². The van der Waals surface area contributed by atoms with Crippen molar-refractivity contribution in [3.05, 3.63) is 0 Å². The van der Waals surface area contributed by atoms with E-state index in [0.717, 1.165) is 19.4 Å². The van der Waals surface area contributed by atoms with Gasteiger partial charge >= 0.3 is 5.97 Å². The second kappa shape index (κ2) is 5.19. The molecule has 0 spiro atoms. The number of ether oxygens (including phenoxy) is 1. The van der Waals surface area contributed by atoms with E-state index in [1.165, 1.54) is 0 Å². The Kier molecular flexibility index (Phi) is 4.18. The molecule has 1 heterocycles. The molecule has 1 fully saturated rings. The molecule has 2 unspecified atom stereocenters. The van der Waals surface area contributed by atoms with Gasteiger partial charge in [-0.15, -0.1) is 0 Å². The lowest BCUT2D eigenvalue weighted by molar-refractivity contribution is -0.156. The molecule has 1 rings (SSSR count). The largest absolute Gasteiger partial charge is 0.464 e. The first-order valence-electron chi connectivity index (χ1n) is 4.81. The van der Waals surface area contributed by atoms with Crippen LogP contribution in [0.15, 0.2) is 0 Å². The van der Waals surface area contributed by atoms with E-state index >= 15 is 0 Å². The molecule has 0 saturated carbocycles. The Hall–Kier alpha value is -0.610. The number of carbonyl (C=O) groups is 1. The van der Waals surface area contributed by atoms with Crippen LogP contribution in [0.5, 0.6) is 0 Å². The van der Waals surface area contributed by atoms with E-state index < -0.39 is 12.1 Å². The molecule has 4 heteroatoms. The van der Waals surface area contributed by atoms with Gasteiger partial charge in [0.25, 0.3) is 0 Å². The van der Waals surface area contributed by atoms with Gasteiger partial charge in [-0.1, -0.05) is 0 Å². The monoisotopic (exact) mass is 187 g/mol. The molecule has 0 aliphatic carbocycles. The molecular formula is C9H17NO3. The van der Waals surface area contributed by atoms with Crippen molar-refractivity contribution in [3.63, 3.8) is 0 Å². The fourth-order valence-electron chi connectivity index (χ4n) is 1.57. The average Bonchev–Trinajstić information content (AvgIpc) is 2.18. The third kappa shape index (κ3) is 2.97. The van der Waals surface area contributed by atoms with Crippen LogP contribution in [0, 0.1) is 5.92 Å². The first-order valence-corrected chi connectivity index (χ1v) is 4.81. The molecule has 1 aliphatic heterocycles. The molecule has 0 bridgehead atoms. The van der Waals surface area contributed by atoms with Crippen molar-refractivity contribution in [2.45, 2.75) is 25.9 Å². The maximum absolute atomic E-state index is 11.1. The van der Waals surface area contributed by atoms with Gasteiger partial charge in [0.15, 0.2) is 6.10 Å². The summed E-state index contributed by atoms with van der Waals surface area (Å²) in [5.41, 5.74) is 0. The van der Waals surface area contributed by atoms with Gasteiger partial charge in [-0.05, 0) is 26.3 Å². The lowest BCUT2D eigenvalue weighted by atomic mass is 9.94. The standard InChI is InChI=1S/C9H17NO3/c1-2-13-9(12)8(11)7-4-3-5-10-6-7/h7-8,10-11H,2-6H2,1H3. The number of aliphatic hydroxyl groups excluding tert-OH is 1. The molecule has 13 heavy (non-hydrogen) atoms. The van der Waals surface area contributed by atoms with E-state index in [1.807, 2.05) is 0 Å². The highest BCUT2D eigenvalue weighted by atomic mass is 16.5. The summed E-state index contributed by atoms with van der Waals surface area (Å²) in [7, 11) is 0. The van der Waals surface area contributed by atoms with Gasteiger partial charge in [0.1, 0.15) is 0 Å². The van der Waals surface area contributed by atoms with E-state index in [9.17, 15) is 9.90 Å². The molecular weight excluding hydrogens is 170 g/mol. The second-order valence-corrected chi connectivity index (χ2v) is 3.30. The van der Waals surface area contributed by atoms with E-state index in [1.54, 1.807) is 6.92 Å². The topological polar surface area (TPSA) is 58.6 Å². The number of rotatable bonds is 3. The molecule has 4 nitrogen and oxygen atoms in total.